The number of hydrogen-bond acceptors (Lipinski definition) is 1. The molecule has 0 saturated heterocycles. The molecule has 0 heterocycles. The molecule has 0 unspecified atom stereocenters. The van der Waals surface area contributed by atoms with Gasteiger partial charge in [0, 0.05) is 12.2 Å². The Morgan fingerprint density at radius 2 is 1.57 bits per heavy atom. The van der Waals surface area contributed by atoms with E-state index in [-0.39, 0.29) is 0 Å². The molecule has 2 aromatic rings. The average Bonchev–Trinajstić information content (AvgIpc) is 2.36. The fourth-order valence-electron chi connectivity index (χ4n) is 2.51. The van der Waals surface area contributed by atoms with E-state index >= 15 is 0 Å². The smallest absolute Gasteiger partial charge is 0.381 e. The van der Waals surface area contributed by atoms with Crippen LogP contribution in [0, 0.1) is 20.8 Å². The van der Waals surface area contributed by atoms with Gasteiger partial charge in [0.25, 0.3) is 0 Å². The van der Waals surface area contributed by atoms with Crippen LogP contribution in [0.2, 0.25) is 0 Å². The Labute approximate surface area is 122 Å². The summed E-state index contributed by atoms with van der Waals surface area (Å²) in [6.07, 6.45) is -4.30. The third-order valence-electron chi connectivity index (χ3n) is 3.40. The Balaban J connectivity index is 2.18. The number of nitrogens with one attached hydrogen (secondary N) is 1. The minimum absolute atomic E-state index is 0.370. The van der Waals surface area contributed by atoms with Gasteiger partial charge in [-0.05, 0) is 49.6 Å². The number of hydrogen-bond donors (Lipinski definition) is 1. The quantitative estimate of drug-likeness (QED) is 0.815. The highest BCUT2D eigenvalue weighted by atomic mass is 19.4. The Morgan fingerprint density at radius 3 is 2.14 bits per heavy atom. The second-order valence-corrected chi connectivity index (χ2v) is 5.33. The maximum Gasteiger partial charge on any atom is 0.416 e. The Hall–Kier alpha value is -1.97. The molecular formula is C17H18F3N. The van der Waals surface area contributed by atoms with Crippen molar-refractivity contribution in [3.8, 4) is 0 Å². The van der Waals surface area contributed by atoms with Crippen molar-refractivity contribution in [2.75, 3.05) is 5.32 Å². The lowest BCUT2D eigenvalue weighted by molar-refractivity contribution is -0.137. The van der Waals surface area contributed by atoms with E-state index in [0.717, 1.165) is 22.9 Å². The summed E-state index contributed by atoms with van der Waals surface area (Å²) in [6, 6.07) is 9.52. The van der Waals surface area contributed by atoms with Crippen molar-refractivity contribution < 1.29 is 13.2 Å². The molecule has 0 saturated carbocycles. The zero-order chi connectivity index (χ0) is 15.6. The van der Waals surface area contributed by atoms with Crippen molar-refractivity contribution in [2.24, 2.45) is 0 Å². The van der Waals surface area contributed by atoms with Gasteiger partial charge < -0.3 is 5.32 Å². The first-order valence-electron chi connectivity index (χ1n) is 6.75. The predicted molar refractivity (Wildman–Crippen MR) is 79.4 cm³/mol. The molecule has 0 aliphatic carbocycles. The van der Waals surface area contributed by atoms with Crippen LogP contribution < -0.4 is 5.32 Å². The van der Waals surface area contributed by atoms with Crippen LogP contribution in [0.4, 0.5) is 18.9 Å². The van der Waals surface area contributed by atoms with Gasteiger partial charge in [-0.2, -0.15) is 13.2 Å². The van der Waals surface area contributed by atoms with E-state index in [9.17, 15) is 13.2 Å². The van der Waals surface area contributed by atoms with Crippen LogP contribution in [0.1, 0.15) is 27.8 Å². The monoisotopic (exact) mass is 293 g/mol. The molecule has 0 radical (unpaired) electrons. The molecule has 0 spiro atoms. The first kappa shape index (κ1) is 15.4. The fraction of sp³-hybridized carbons (Fsp3) is 0.294. The normalized spacial score (nSPS) is 11.5. The van der Waals surface area contributed by atoms with E-state index in [1.807, 2.05) is 20.8 Å². The second-order valence-electron chi connectivity index (χ2n) is 5.33. The Morgan fingerprint density at radius 1 is 0.952 bits per heavy atom. The van der Waals surface area contributed by atoms with E-state index in [1.165, 1.54) is 17.7 Å². The van der Waals surface area contributed by atoms with E-state index < -0.39 is 11.7 Å². The van der Waals surface area contributed by atoms with Gasteiger partial charge in [-0.25, -0.2) is 0 Å². The first-order chi connectivity index (χ1) is 9.77. The molecule has 1 N–H and O–H groups in total. The zero-order valence-electron chi connectivity index (χ0n) is 12.3. The highest BCUT2D eigenvalue weighted by molar-refractivity contribution is 5.58. The van der Waals surface area contributed by atoms with Crippen LogP contribution in [0.25, 0.3) is 0 Å². The van der Waals surface area contributed by atoms with Gasteiger partial charge in [0.05, 0.1) is 5.56 Å². The van der Waals surface area contributed by atoms with Crippen molar-refractivity contribution >= 4 is 5.69 Å². The average molecular weight is 293 g/mol. The highest BCUT2D eigenvalue weighted by Gasteiger charge is 2.30. The summed E-state index contributed by atoms with van der Waals surface area (Å²) in [5.74, 6) is 0. The molecule has 21 heavy (non-hydrogen) atoms. The molecule has 112 valence electrons. The molecule has 0 bridgehead atoms. The standard InChI is InChI=1S/C17H18F3N/c1-11-7-12(2)16(13(3)8-11)21-10-14-5-4-6-15(9-14)17(18,19)20/h4-9,21H,10H2,1-3H3. The molecule has 0 fully saturated rings. The van der Waals surface area contributed by atoms with Gasteiger partial charge in [-0.3, -0.25) is 0 Å². The number of benzene rings is 2. The molecule has 0 aliphatic rings. The van der Waals surface area contributed by atoms with Crippen LogP contribution in [0.3, 0.4) is 0 Å². The Kier molecular flexibility index (Phi) is 4.26. The van der Waals surface area contributed by atoms with E-state index in [1.54, 1.807) is 6.07 Å². The summed E-state index contributed by atoms with van der Waals surface area (Å²) >= 11 is 0. The third kappa shape index (κ3) is 3.78. The first-order valence-corrected chi connectivity index (χ1v) is 6.75. The largest absolute Gasteiger partial charge is 0.416 e. The summed E-state index contributed by atoms with van der Waals surface area (Å²) in [5, 5.41) is 3.24. The van der Waals surface area contributed by atoms with Gasteiger partial charge in [0.2, 0.25) is 0 Å². The summed E-state index contributed by atoms with van der Waals surface area (Å²) in [7, 11) is 0. The van der Waals surface area contributed by atoms with Gasteiger partial charge >= 0.3 is 6.18 Å². The van der Waals surface area contributed by atoms with Gasteiger partial charge in [-0.1, -0.05) is 29.8 Å². The minimum atomic E-state index is -4.30. The summed E-state index contributed by atoms with van der Waals surface area (Å²) < 4.78 is 38.1. The summed E-state index contributed by atoms with van der Waals surface area (Å²) in [4.78, 5) is 0. The van der Waals surface area contributed by atoms with Crippen LogP contribution in [0.5, 0.6) is 0 Å². The molecule has 2 aromatic carbocycles. The Bertz CT molecular complexity index is 622. The highest BCUT2D eigenvalue weighted by Crippen LogP contribution is 2.30. The van der Waals surface area contributed by atoms with Crippen LogP contribution in [-0.2, 0) is 12.7 Å². The molecule has 0 amide bonds. The van der Waals surface area contributed by atoms with Gasteiger partial charge in [0.1, 0.15) is 0 Å². The van der Waals surface area contributed by atoms with Crippen LogP contribution >= 0.6 is 0 Å². The SMILES string of the molecule is Cc1cc(C)c(NCc2cccc(C(F)(F)F)c2)c(C)c1. The maximum absolute atomic E-state index is 12.7. The maximum atomic E-state index is 12.7. The van der Waals surface area contributed by atoms with Crippen molar-refractivity contribution in [1.29, 1.82) is 0 Å². The molecule has 0 atom stereocenters. The molecule has 1 nitrogen and oxygen atoms in total. The lowest BCUT2D eigenvalue weighted by Gasteiger charge is -2.15. The topological polar surface area (TPSA) is 12.0 Å². The van der Waals surface area contributed by atoms with Crippen molar-refractivity contribution in [3.05, 3.63) is 64.2 Å². The van der Waals surface area contributed by atoms with Gasteiger partial charge in [-0.15, -0.1) is 0 Å². The molecular weight excluding hydrogens is 275 g/mol. The molecule has 0 aliphatic heterocycles. The van der Waals surface area contributed by atoms with Gasteiger partial charge in [0.15, 0.2) is 0 Å². The van der Waals surface area contributed by atoms with E-state index in [2.05, 4.69) is 17.4 Å². The van der Waals surface area contributed by atoms with E-state index in [0.29, 0.717) is 12.1 Å². The number of anilines is 1. The zero-order valence-corrected chi connectivity index (χ0v) is 12.3. The lowest BCUT2D eigenvalue weighted by Crippen LogP contribution is -2.07. The van der Waals surface area contributed by atoms with Crippen LogP contribution in [0.15, 0.2) is 36.4 Å². The molecule has 4 heteroatoms. The predicted octanol–water partition coefficient (Wildman–Crippen LogP) is 5.24. The number of halogens is 3. The molecule has 2 rings (SSSR count). The summed E-state index contributed by atoms with van der Waals surface area (Å²) in [5.41, 5.74) is 4.36. The number of aryl methyl sites for hydroxylation is 3. The number of alkyl halides is 3. The van der Waals surface area contributed by atoms with E-state index in [4.69, 9.17) is 0 Å². The minimum Gasteiger partial charge on any atom is -0.381 e. The molecule has 0 aromatic heterocycles. The van der Waals surface area contributed by atoms with Crippen molar-refractivity contribution in [2.45, 2.75) is 33.5 Å². The lowest BCUT2D eigenvalue weighted by atomic mass is 10.0. The summed E-state index contributed by atoms with van der Waals surface area (Å²) in [6.45, 7) is 6.38. The van der Waals surface area contributed by atoms with Crippen molar-refractivity contribution in [1.82, 2.24) is 0 Å². The second kappa shape index (κ2) is 5.80. The van der Waals surface area contributed by atoms with Crippen LogP contribution in [-0.4, -0.2) is 0 Å². The fourth-order valence-corrected chi connectivity index (χ4v) is 2.51. The third-order valence-corrected chi connectivity index (χ3v) is 3.40. The van der Waals surface area contributed by atoms with Crippen molar-refractivity contribution in [3.63, 3.8) is 0 Å². The number of rotatable bonds is 3.